The zero-order valence-electron chi connectivity index (χ0n) is 13.0. The highest BCUT2D eigenvalue weighted by Crippen LogP contribution is 2.41. The van der Waals surface area contributed by atoms with Crippen LogP contribution in [0.2, 0.25) is 0 Å². The average Bonchev–Trinajstić information content (AvgIpc) is 2.84. The molecule has 0 aliphatic carbocycles. The summed E-state index contributed by atoms with van der Waals surface area (Å²) in [4.78, 5) is 18.1. The number of hydrogen-bond acceptors (Lipinski definition) is 9. The maximum atomic E-state index is 12.7. The molecule has 1 aromatic rings. The van der Waals surface area contributed by atoms with Crippen LogP contribution in [0.5, 0.6) is 0 Å². The van der Waals surface area contributed by atoms with Gasteiger partial charge in [-0.2, -0.15) is 13.2 Å². The molecule has 1 aliphatic rings. The Morgan fingerprint density at radius 2 is 1.59 bits per heavy atom. The molecule has 0 amide bonds. The molecule has 0 unspecified atom stereocenters. The van der Waals surface area contributed by atoms with E-state index in [4.69, 9.17) is 0 Å². The average molecular weight is 433 g/mol. The molecule has 1 fully saturated rings. The quantitative estimate of drug-likeness (QED) is 0.533. The van der Waals surface area contributed by atoms with Crippen LogP contribution in [0.4, 0.5) is 30.2 Å². The lowest BCUT2D eigenvalue weighted by molar-refractivity contribution is -0.392. The van der Waals surface area contributed by atoms with Crippen molar-refractivity contribution >= 4 is 36.7 Å². The first-order valence-corrected chi connectivity index (χ1v) is 10.2. The molecule has 11 nitrogen and oxygen atoms in total. The van der Waals surface area contributed by atoms with E-state index in [-0.39, 0.29) is 24.3 Å². The van der Waals surface area contributed by atoms with E-state index in [1.807, 2.05) is 0 Å². The third-order valence-corrected chi connectivity index (χ3v) is 6.89. The first-order chi connectivity index (χ1) is 12.2. The Morgan fingerprint density at radius 1 is 1.11 bits per heavy atom. The van der Waals surface area contributed by atoms with Crippen molar-refractivity contribution in [1.29, 1.82) is 0 Å². The van der Waals surface area contributed by atoms with Gasteiger partial charge in [-0.3, -0.25) is 20.2 Å². The lowest BCUT2D eigenvalue weighted by Gasteiger charge is -2.14. The normalized spacial score (nSPS) is 19.6. The number of nitrogens with zero attached hydrogens (tertiary/aromatic N) is 2. The number of benzene rings is 1. The van der Waals surface area contributed by atoms with Crippen molar-refractivity contribution < 1.29 is 39.9 Å². The van der Waals surface area contributed by atoms with Crippen molar-refractivity contribution in [1.82, 2.24) is 0 Å². The first-order valence-electron chi connectivity index (χ1n) is 6.91. The third kappa shape index (κ3) is 4.10. The monoisotopic (exact) mass is 433 g/mol. The fourth-order valence-corrected chi connectivity index (χ4v) is 4.90. The number of nitrogens with one attached hydrogen (secondary N) is 1. The molecule has 0 spiro atoms. The van der Waals surface area contributed by atoms with E-state index in [1.54, 1.807) is 0 Å². The maximum Gasteiger partial charge on any atom is 0.501 e. The summed E-state index contributed by atoms with van der Waals surface area (Å²) in [7, 11) is -9.56. The molecular formula is C11H10F3N3O8S2. The van der Waals surface area contributed by atoms with Gasteiger partial charge >= 0.3 is 16.9 Å². The van der Waals surface area contributed by atoms with Crippen molar-refractivity contribution in [2.24, 2.45) is 0 Å². The molecule has 150 valence electrons. The molecule has 0 saturated carbocycles. The van der Waals surface area contributed by atoms with E-state index in [1.165, 1.54) is 0 Å². The van der Waals surface area contributed by atoms with Crippen molar-refractivity contribution in [3.8, 4) is 0 Å². The van der Waals surface area contributed by atoms with Gasteiger partial charge in [-0.15, -0.1) is 0 Å². The maximum absolute atomic E-state index is 12.7. The van der Waals surface area contributed by atoms with Gasteiger partial charge in [0.15, 0.2) is 15.5 Å². The van der Waals surface area contributed by atoms with Crippen molar-refractivity contribution in [2.75, 3.05) is 16.8 Å². The van der Waals surface area contributed by atoms with Crippen LogP contribution in [0.15, 0.2) is 17.0 Å². The van der Waals surface area contributed by atoms with E-state index < -0.39 is 68.8 Å². The van der Waals surface area contributed by atoms with Gasteiger partial charge in [0.1, 0.15) is 0 Å². The predicted molar refractivity (Wildman–Crippen MR) is 83.7 cm³/mol. The summed E-state index contributed by atoms with van der Waals surface area (Å²) >= 11 is 0. The molecule has 27 heavy (non-hydrogen) atoms. The molecule has 2 rings (SSSR count). The van der Waals surface area contributed by atoms with Gasteiger partial charge in [-0.05, 0) is 6.42 Å². The van der Waals surface area contributed by atoms with E-state index in [9.17, 15) is 50.2 Å². The number of rotatable bonds is 5. The number of hydrogen-bond donors (Lipinski definition) is 1. The predicted octanol–water partition coefficient (Wildman–Crippen LogP) is 1.40. The van der Waals surface area contributed by atoms with Gasteiger partial charge in [-0.25, -0.2) is 16.8 Å². The van der Waals surface area contributed by atoms with Crippen LogP contribution in [0.3, 0.4) is 0 Å². The van der Waals surface area contributed by atoms with Gasteiger partial charge in [0.25, 0.3) is 9.84 Å². The summed E-state index contributed by atoms with van der Waals surface area (Å²) in [6.45, 7) is 0. The minimum Gasteiger partial charge on any atom is -0.370 e. The molecular weight excluding hydrogens is 423 g/mol. The van der Waals surface area contributed by atoms with Crippen molar-refractivity contribution in [2.45, 2.75) is 22.9 Å². The molecule has 16 heteroatoms. The first kappa shape index (κ1) is 20.8. The second kappa shape index (κ2) is 6.59. The smallest absolute Gasteiger partial charge is 0.370 e. The van der Waals surface area contributed by atoms with Crippen LogP contribution in [-0.4, -0.2) is 49.7 Å². The molecule has 1 aliphatic heterocycles. The Hall–Kier alpha value is -2.49. The largest absolute Gasteiger partial charge is 0.501 e. The lowest BCUT2D eigenvalue weighted by atomic mass is 10.2. The van der Waals surface area contributed by atoms with Gasteiger partial charge < -0.3 is 5.32 Å². The Balaban J connectivity index is 2.67. The fraction of sp³-hybridized carbons (Fsp3) is 0.455. The minimum absolute atomic E-state index is 0.0424. The van der Waals surface area contributed by atoms with Crippen LogP contribution in [-0.2, 0) is 19.7 Å². The standard InChI is InChI=1S/C11H10F3N3O8S2/c12-11(13,14)27(24,25)7-3-8(16(18)19)10(9(4-7)17(20)21)15-6-1-2-26(22,23)5-6/h3-4,6,15H,1-2,5H2/t6-/m0/s1. The van der Waals surface area contributed by atoms with E-state index in [0.717, 1.165) is 0 Å². The Morgan fingerprint density at radius 3 is 1.93 bits per heavy atom. The van der Waals surface area contributed by atoms with Gasteiger partial charge in [0.2, 0.25) is 0 Å². The summed E-state index contributed by atoms with van der Waals surface area (Å²) in [5.41, 5.74) is -9.29. The van der Waals surface area contributed by atoms with Gasteiger partial charge in [0, 0.05) is 18.2 Å². The second-order valence-electron chi connectivity index (χ2n) is 5.54. The summed E-state index contributed by atoms with van der Waals surface area (Å²) in [5.74, 6) is -0.781. The van der Waals surface area contributed by atoms with E-state index in [0.29, 0.717) is 0 Å². The van der Waals surface area contributed by atoms with E-state index >= 15 is 0 Å². The summed E-state index contributed by atoms with van der Waals surface area (Å²) in [6, 6.07) is -0.874. The third-order valence-electron chi connectivity index (χ3n) is 3.66. The number of alkyl halides is 3. The summed E-state index contributed by atoms with van der Waals surface area (Å²) in [5, 5.41) is 24.6. The van der Waals surface area contributed by atoms with Crippen LogP contribution in [0, 0.1) is 20.2 Å². The zero-order chi connectivity index (χ0) is 20.8. The molecule has 0 radical (unpaired) electrons. The van der Waals surface area contributed by atoms with Crippen molar-refractivity contribution in [3.05, 3.63) is 32.4 Å². The lowest BCUT2D eigenvalue weighted by Crippen LogP contribution is -2.25. The number of halogens is 3. The SMILES string of the molecule is O=[N+]([O-])c1cc(S(=O)(=O)C(F)(F)F)cc([N+](=O)[O-])c1N[C@H]1CCS(=O)(=O)C1. The van der Waals surface area contributed by atoms with Crippen molar-refractivity contribution in [3.63, 3.8) is 0 Å². The molecule has 0 bridgehead atoms. The molecule has 1 heterocycles. The zero-order valence-corrected chi connectivity index (χ0v) is 14.6. The Bertz CT molecular complexity index is 985. The Kier molecular flexibility index (Phi) is 5.08. The highest BCUT2D eigenvalue weighted by molar-refractivity contribution is 7.92. The molecule has 0 aromatic heterocycles. The summed E-state index contributed by atoms with van der Waals surface area (Å²) < 4.78 is 83.9. The molecule has 1 saturated heterocycles. The molecule has 1 N–H and O–H groups in total. The molecule has 1 atom stereocenters. The number of nitro groups is 2. The van der Waals surface area contributed by atoms with Crippen LogP contribution in [0.1, 0.15) is 6.42 Å². The Labute approximate surface area is 149 Å². The van der Waals surface area contributed by atoms with Crippen LogP contribution >= 0.6 is 0 Å². The minimum atomic E-state index is -6.08. The number of sulfone groups is 2. The topological polar surface area (TPSA) is 167 Å². The van der Waals surface area contributed by atoms with Crippen LogP contribution in [0.25, 0.3) is 0 Å². The summed E-state index contributed by atoms with van der Waals surface area (Å²) in [6.07, 6.45) is -0.0424. The van der Waals surface area contributed by atoms with E-state index in [2.05, 4.69) is 5.32 Å². The number of anilines is 1. The van der Waals surface area contributed by atoms with Gasteiger partial charge in [0.05, 0.1) is 26.2 Å². The highest BCUT2D eigenvalue weighted by atomic mass is 32.2. The highest BCUT2D eigenvalue weighted by Gasteiger charge is 2.48. The second-order valence-corrected chi connectivity index (χ2v) is 9.71. The molecule has 1 aromatic carbocycles. The fourth-order valence-electron chi connectivity index (χ4n) is 2.42. The van der Waals surface area contributed by atoms with Crippen LogP contribution < -0.4 is 5.32 Å². The number of nitro benzene ring substituents is 2. The van der Waals surface area contributed by atoms with Gasteiger partial charge in [-0.1, -0.05) is 0 Å².